The molecule has 0 spiro atoms. The zero-order valence-electron chi connectivity index (χ0n) is 26.2. The Bertz CT molecular complexity index is 1960. The van der Waals surface area contributed by atoms with Crippen molar-refractivity contribution < 1.29 is 39.6 Å². The number of primary amides is 1. The van der Waals surface area contributed by atoms with Gasteiger partial charge in [-0.2, -0.15) is 0 Å². The molecule has 0 radical (unpaired) electrons. The SMILES string of the molecule is CN(C)c1cc(NC(=O)Nc2cccc3ccccc23)c(O)c2c1C[C@@H]1C[C@@H]3[C@@H](N(C)C)C(O)=C(C(N)=O)C(=O)[C@]3(O)C(O)=C1C2=O. The summed E-state index contributed by atoms with van der Waals surface area (Å²) in [5.74, 6) is -7.48. The number of hydrogen-bond acceptors (Lipinski definition) is 10. The van der Waals surface area contributed by atoms with E-state index in [-0.39, 0.29) is 29.7 Å². The molecule has 0 heterocycles. The number of anilines is 3. The van der Waals surface area contributed by atoms with Gasteiger partial charge in [-0.15, -0.1) is 0 Å². The first kappa shape index (κ1) is 31.6. The number of allylic oxidation sites excluding steroid dienone is 1. The molecule has 13 heteroatoms. The van der Waals surface area contributed by atoms with Gasteiger partial charge in [-0.05, 0) is 55.9 Å². The van der Waals surface area contributed by atoms with E-state index in [0.29, 0.717) is 16.9 Å². The summed E-state index contributed by atoms with van der Waals surface area (Å²) in [5.41, 5.74) is 2.66. The van der Waals surface area contributed by atoms with Crippen LogP contribution >= 0.6 is 0 Å². The van der Waals surface area contributed by atoms with Gasteiger partial charge in [0.2, 0.25) is 5.78 Å². The van der Waals surface area contributed by atoms with E-state index >= 15 is 0 Å². The van der Waals surface area contributed by atoms with Gasteiger partial charge in [0.05, 0.1) is 23.0 Å². The van der Waals surface area contributed by atoms with Crippen LogP contribution in [0.5, 0.6) is 5.75 Å². The molecule has 0 aromatic heterocycles. The zero-order valence-corrected chi connectivity index (χ0v) is 26.2. The molecule has 3 aliphatic rings. The number of amides is 3. The van der Waals surface area contributed by atoms with E-state index < -0.39 is 69.8 Å². The largest absolute Gasteiger partial charge is 0.510 e. The number of Topliss-reactive ketones (excluding diaryl/α,β-unsaturated/α-hetero) is 2. The second-order valence-electron chi connectivity index (χ2n) is 12.6. The summed E-state index contributed by atoms with van der Waals surface area (Å²) in [6.45, 7) is 0. The highest BCUT2D eigenvalue weighted by Gasteiger charge is 2.63. The molecular formula is C34H35N5O8. The van der Waals surface area contributed by atoms with Gasteiger partial charge in [0, 0.05) is 36.7 Å². The van der Waals surface area contributed by atoms with E-state index in [4.69, 9.17) is 5.73 Å². The Kier molecular flexibility index (Phi) is 7.48. The minimum atomic E-state index is -2.75. The molecule has 3 aromatic carbocycles. The molecule has 4 atom stereocenters. The third-order valence-electron chi connectivity index (χ3n) is 9.47. The first-order valence-electron chi connectivity index (χ1n) is 14.9. The van der Waals surface area contributed by atoms with Crippen molar-refractivity contribution in [2.24, 2.45) is 17.6 Å². The summed E-state index contributed by atoms with van der Waals surface area (Å²) in [6, 6.07) is 12.7. The van der Waals surface area contributed by atoms with Gasteiger partial charge in [0.15, 0.2) is 17.1 Å². The van der Waals surface area contributed by atoms with Gasteiger partial charge in [-0.3, -0.25) is 19.3 Å². The van der Waals surface area contributed by atoms with Gasteiger partial charge in [0.1, 0.15) is 17.1 Å². The van der Waals surface area contributed by atoms with Crippen LogP contribution in [0, 0.1) is 11.8 Å². The van der Waals surface area contributed by atoms with E-state index in [1.54, 1.807) is 45.2 Å². The zero-order chi connectivity index (χ0) is 34.1. The van der Waals surface area contributed by atoms with Crippen molar-refractivity contribution in [1.29, 1.82) is 0 Å². The maximum Gasteiger partial charge on any atom is 0.323 e. The van der Waals surface area contributed by atoms with E-state index in [2.05, 4.69) is 10.6 Å². The van der Waals surface area contributed by atoms with Crippen LogP contribution in [-0.4, -0.2) is 88.7 Å². The first-order valence-corrected chi connectivity index (χ1v) is 14.9. The molecular weight excluding hydrogens is 606 g/mol. The number of fused-ring (bicyclic) bond motifs is 4. The quantitative estimate of drug-likeness (QED) is 0.160. The maximum absolute atomic E-state index is 14.2. The lowest BCUT2D eigenvalue weighted by molar-refractivity contribution is -0.148. The molecule has 8 N–H and O–H groups in total. The predicted molar refractivity (Wildman–Crippen MR) is 175 cm³/mol. The number of aliphatic hydroxyl groups is 3. The molecule has 244 valence electrons. The Balaban J connectivity index is 1.43. The predicted octanol–water partition coefficient (Wildman–Crippen LogP) is 2.98. The molecule has 0 bridgehead atoms. The number of aromatic hydroxyl groups is 1. The van der Waals surface area contributed by atoms with Crippen molar-refractivity contribution in [3.05, 3.63) is 82.3 Å². The van der Waals surface area contributed by atoms with Crippen molar-refractivity contribution in [2.75, 3.05) is 43.7 Å². The topological polar surface area (TPSA) is 206 Å². The van der Waals surface area contributed by atoms with Crippen LogP contribution in [0.25, 0.3) is 10.8 Å². The fourth-order valence-electron chi connectivity index (χ4n) is 7.40. The third-order valence-corrected chi connectivity index (χ3v) is 9.47. The number of aliphatic hydroxyl groups excluding tert-OH is 2. The van der Waals surface area contributed by atoms with Crippen molar-refractivity contribution >= 4 is 51.3 Å². The summed E-state index contributed by atoms with van der Waals surface area (Å²) in [7, 11) is 6.60. The van der Waals surface area contributed by atoms with Gasteiger partial charge in [0.25, 0.3) is 5.91 Å². The van der Waals surface area contributed by atoms with E-state index in [1.807, 2.05) is 30.3 Å². The molecule has 0 aliphatic heterocycles. The average Bonchev–Trinajstić information content (AvgIpc) is 3.00. The molecule has 3 aliphatic carbocycles. The summed E-state index contributed by atoms with van der Waals surface area (Å²) < 4.78 is 0. The van der Waals surface area contributed by atoms with Crippen molar-refractivity contribution in [1.82, 2.24) is 4.90 Å². The monoisotopic (exact) mass is 641 g/mol. The second-order valence-corrected chi connectivity index (χ2v) is 12.6. The Morgan fingerprint density at radius 3 is 2.28 bits per heavy atom. The third kappa shape index (κ3) is 4.69. The number of hydrogen-bond donors (Lipinski definition) is 7. The van der Waals surface area contributed by atoms with Gasteiger partial charge in [-0.25, -0.2) is 4.79 Å². The maximum atomic E-state index is 14.2. The number of likely N-dealkylation sites (N-methyl/N-ethyl adjacent to an activating group) is 1. The number of carbonyl (C=O) groups is 4. The highest BCUT2D eigenvalue weighted by atomic mass is 16.3. The standard InChI is InChI=1S/C34H35N5O8/c1-38(2)22-14-21(37-33(46)36-20-11-7-9-15-8-5-6-10-17(15)20)27(40)24-18(22)12-16-13-19-26(39(3)4)29(42)25(32(35)45)31(44)34(19,47)30(43)23(16)28(24)41/h5-11,14,16,19,26,40,42-43,47H,12-13H2,1-4H3,(H2,35,45)(H2,36,37,46)/t16-,19-,26-,34-/m1/s1. The molecule has 0 unspecified atom stereocenters. The molecule has 3 aromatic rings. The van der Waals surface area contributed by atoms with Crippen LogP contribution in [0.1, 0.15) is 22.3 Å². The Hall–Kier alpha value is -5.40. The normalized spacial score (nSPS) is 23.7. The number of nitrogens with one attached hydrogen (secondary N) is 2. The Morgan fingerprint density at radius 1 is 0.957 bits per heavy atom. The lowest BCUT2D eigenvalue weighted by Gasteiger charge is -2.50. The van der Waals surface area contributed by atoms with Gasteiger partial charge < -0.3 is 41.7 Å². The fourth-order valence-corrected chi connectivity index (χ4v) is 7.40. The van der Waals surface area contributed by atoms with E-state index in [9.17, 15) is 39.6 Å². The summed E-state index contributed by atoms with van der Waals surface area (Å²) in [6.07, 6.45) is 0.0743. The van der Waals surface area contributed by atoms with E-state index in [1.165, 1.54) is 11.0 Å². The number of carbonyl (C=O) groups excluding carboxylic acids is 4. The highest BCUT2D eigenvalue weighted by Crippen LogP contribution is 2.54. The average molecular weight is 642 g/mol. The smallest absolute Gasteiger partial charge is 0.323 e. The molecule has 13 nitrogen and oxygen atoms in total. The minimum Gasteiger partial charge on any atom is -0.510 e. The molecule has 0 saturated carbocycles. The lowest BCUT2D eigenvalue weighted by Crippen LogP contribution is -2.63. The number of phenols is 1. The van der Waals surface area contributed by atoms with Crippen molar-refractivity contribution in [3.8, 4) is 5.75 Å². The molecule has 0 saturated heterocycles. The van der Waals surface area contributed by atoms with Gasteiger partial charge in [-0.1, -0.05) is 36.4 Å². The second kappa shape index (κ2) is 11.1. The molecule has 47 heavy (non-hydrogen) atoms. The number of urea groups is 1. The van der Waals surface area contributed by atoms with Crippen LogP contribution in [0.15, 0.2) is 71.2 Å². The highest BCUT2D eigenvalue weighted by molar-refractivity contribution is 6.25. The minimum absolute atomic E-state index is 0.0349. The summed E-state index contributed by atoms with van der Waals surface area (Å²) in [4.78, 5) is 56.4. The lowest BCUT2D eigenvalue weighted by atomic mass is 9.58. The Labute approximate surface area is 269 Å². The fraction of sp³-hybridized carbons (Fsp3) is 0.294. The number of phenolic OH excluding ortho intramolecular Hbond substituents is 1. The molecule has 0 fully saturated rings. The number of ketones is 2. The molecule has 3 amide bonds. The van der Waals surface area contributed by atoms with Crippen LogP contribution < -0.4 is 21.3 Å². The van der Waals surface area contributed by atoms with Crippen LogP contribution in [0.3, 0.4) is 0 Å². The van der Waals surface area contributed by atoms with Crippen LogP contribution in [-0.2, 0) is 16.0 Å². The first-order chi connectivity index (χ1) is 22.2. The molecule has 6 rings (SSSR count). The number of rotatable bonds is 5. The van der Waals surface area contributed by atoms with Crippen molar-refractivity contribution in [3.63, 3.8) is 0 Å². The van der Waals surface area contributed by atoms with Crippen LogP contribution in [0.4, 0.5) is 21.9 Å². The van der Waals surface area contributed by atoms with Crippen molar-refractivity contribution in [2.45, 2.75) is 24.5 Å². The summed E-state index contributed by atoms with van der Waals surface area (Å²) in [5, 5.41) is 53.0. The summed E-state index contributed by atoms with van der Waals surface area (Å²) >= 11 is 0. The van der Waals surface area contributed by atoms with Crippen LogP contribution in [0.2, 0.25) is 0 Å². The Morgan fingerprint density at radius 2 is 1.62 bits per heavy atom. The number of nitrogens with two attached hydrogens (primary N) is 1. The number of benzene rings is 3. The van der Waals surface area contributed by atoms with Gasteiger partial charge >= 0.3 is 6.03 Å². The van der Waals surface area contributed by atoms with E-state index in [0.717, 1.165) is 10.8 Å². The number of nitrogens with zero attached hydrogens (tertiary/aromatic N) is 2.